The average Bonchev–Trinajstić information content (AvgIpc) is 2.48. The Morgan fingerprint density at radius 2 is 1.86 bits per heavy atom. The van der Waals surface area contributed by atoms with E-state index in [9.17, 15) is 0 Å². The molecule has 0 unspecified atom stereocenters. The zero-order valence-electron chi connectivity index (χ0n) is 13.2. The van der Waals surface area contributed by atoms with Gasteiger partial charge in [0.05, 0.1) is 0 Å². The first kappa shape index (κ1) is 15.5. The third-order valence-corrected chi connectivity index (χ3v) is 3.36. The number of anilines is 1. The summed E-state index contributed by atoms with van der Waals surface area (Å²) >= 11 is 0. The van der Waals surface area contributed by atoms with Crippen molar-refractivity contribution in [3.05, 3.63) is 59.8 Å². The Labute approximate surface area is 128 Å². The maximum Gasteiger partial charge on any atom is 0.133 e. The fourth-order valence-electron chi connectivity index (χ4n) is 2.34. The first-order valence-corrected chi connectivity index (χ1v) is 7.56. The van der Waals surface area contributed by atoms with Crippen molar-refractivity contribution in [3.8, 4) is 0 Å². The van der Waals surface area contributed by atoms with Crippen molar-refractivity contribution in [2.45, 2.75) is 26.9 Å². The topological polar surface area (TPSA) is 28.2 Å². The molecule has 1 heterocycles. The van der Waals surface area contributed by atoms with Crippen LogP contribution in [0.15, 0.2) is 48.7 Å². The van der Waals surface area contributed by atoms with E-state index in [2.05, 4.69) is 66.4 Å². The Morgan fingerprint density at radius 1 is 1.10 bits per heavy atom. The molecule has 21 heavy (non-hydrogen) atoms. The van der Waals surface area contributed by atoms with Crippen molar-refractivity contribution in [1.82, 2.24) is 10.3 Å². The van der Waals surface area contributed by atoms with Gasteiger partial charge in [0.2, 0.25) is 0 Å². The Balaban J connectivity index is 2.04. The number of hydrogen-bond donors (Lipinski definition) is 1. The molecule has 0 aliphatic rings. The number of aromatic nitrogens is 1. The molecule has 0 saturated heterocycles. The van der Waals surface area contributed by atoms with Crippen LogP contribution in [0.2, 0.25) is 0 Å². The second-order valence-corrected chi connectivity index (χ2v) is 5.85. The minimum absolute atomic E-state index is 0.659. The zero-order valence-corrected chi connectivity index (χ0v) is 13.2. The van der Waals surface area contributed by atoms with Gasteiger partial charge in [-0.15, -0.1) is 0 Å². The second kappa shape index (κ2) is 7.79. The highest BCUT2D eigenvalue weighted by atomic mass is 15.2. The van der Waals surface area contributed by atoms with Crippen LogP contribution in [0, 0.1) is 5.92 Å². The molecule has 0 aliphatic carbocycles. The predicted octanol–water partition coefficient (Wildman–Crippen LogP) is 3.46. The maximum absolute atomic E-state index is 4.56. The summed E-state index contributed by atoms with van der Waals surface area (Å²) in [5.41, 5.74) is 2.54. The summed E-state index contributed by atoms with van der Waals surface area (Å²) in [4.78, 5) is 6.77. The van der Waals surface area contributed by atoms with Gasteiger partial charge in [0, 0.05) is 31.9 Å². The molecular weight excluding hydrogens is 258 g/mol. The van der Waals surface area contributed by atoms with Gasteiger partial charge in [-0.2, -0.15) is 0 Å². The summed E-state index contributed by atoms with van der Waals surface area (Å²) in [6.07, 6.45) is 1.86. The smallest absolute Gasteiger partial charge is 0.133 e. The van der Waals surface area contributed by atoms with Crippen molar-refractivity contribution < 1.29 is 0 Å². The highest BCUT2D eigenvalue weighted by molar-refractivity contribution is 5.46. The fourth-order valence-corrected chi connectivity index (χ4v) is 2.34. The zero-order chi connectivity index (χ0) is 15.1. The lowest BCUT2D eigenvalue weighted by atomic mass is 10.2. The predicted molar refractivity (Wildman–Crippen MR) is 89.3 cm³/mol. The number of nitrogens with zero attached hydrogens (tertiary/aromatic N) is 2. The van der Waals surface area contributed by atoms with Gasteiger partial charge in [0.1, 0.15) is 5.82 Å². The van der Waals surface area contributed by atoms with E-state index in [0.717, 1.165) is 25.5 Å². The molecule has 0 amide bonds. The second-order valence-electron chi connectivity index (χ2n) is 5.85. The van der Waals surface area contributed by atoms with E-state index in [1.165, 1.54) is 11.1 Å². The van der Waals surface area contributed by atoms with Crippen LogP contribution >= 0.6 is 0 Å². The number of rotatable bonds is 7. The highest BCUT2D eigenvalue weighted by Gasteiger charge is 2.09. The molecule has 1 aromatic heterocycles. The highest BCUT2D eigenvalue weighted by Crippen LogP contribution is 2.18. The van der Waals surface area contributed by atoms with E-state index in [1.54, 1.807) is 0 Å². The first-order valence-electron chi connectivity index (χ1n) is 7.56. The van der Waals surface area contributed by atoms with Crippen LogP contribution in [0.25, 0.3) is 0 Å². The van der Waals surface area contributed by atoms with Gasteiger partial charge in [0.15, 0.2) is 0 Å². The molecule has 3 nitrogen and oxygen atoms in total. The molecule has 2 aromatic rings. The summed E-state index contributed by atoms with van der Waals surface area (Å²) in [7, 11) is 2.10. The average molecular weight is 283 g/mol. The summed E-state index contributed by atoms with van der Waals surface area (Å²) in [5.74, 6) is 1.71. The summed E-state index contributed by atoms with van der Waals surface area (Å²) in [6, 6.07) is 14.7. The van der Waals surface area contributed by atoms with E-state index in [-0.39, 0.29) is 0 Å². The Bertz CT molecular complexity index is 537. The molecule has 112 valence electrons. The van der Waals surface area contributed by atoms with Crippen LogP contribution in [0.4, 0.5) is 5.82 Å². The molecule has 0 atom stereocenters. The van der Waals surface area contributed by atoms with Crippen LogP contribution < -0.4 is 10.2 Å². The normalized spacial score (nSPS) is 10.9. The van der Waals surface area contributed by atoms with Crippen molar-refractivity contribution in [2.75, 3.05) is 18.5 Å². The van der Waals surface area contributed by atoms with Gasteiger partial charge in [0.25, 0.3) is 0 Å². The van der Waals surface area contributed by atoms with Crippen molar-refractivity contribution in [2.24, 2.45) is 5.92 Å². The van der Waals surface area contributed by atoms with E-state index < -0.39 is 0 Å². The molecule has 1 N–H and O–H groups in total. The van der Waals surface area contributed by atoms with Crippen LogP contribution in [0.5, 0.6) is 0 Å². The summed E-state index contributed by atoms with van der Waals surface area (Å²) < 4.78 is 0. The molecule has 0 radical (unpaired) electrons. The Hall–Kier alpha value is -1.87. The molecular formula is C18H25N3. The minimum Gasteiger partial charge on any atom is -0.355 e. The third-order valence-electron chi connectivity index (χ3n) is 3.36. The number of hydrogen-bond acceptors (Lipinski definition) is 3. The Morgan fingerprint density at radius 3 is 2.57 bits per heavy atom. The quantitative estimate of drug-likeness (QED) is 0.843. The number of pyridine rings is 1. The lowest BCUT2D eigenvalue weighted by molar-refractivity contribution is 0.551. The van der Waals surface area contributed by atoms with E-state index in [0.29, 0.717) is 5.92 Å². The molecule has 0 aliphatic heterocycles. The first-order chi connectivity index (χ1) is 10.2. The van der Waals surface area contributed by atoms with E-state index >= 15 is 0 Å². The molecule has 3 heteroatoms. The molecule has 0 bridgehead atoms. The van der Waals surface area contributed by atoms with Gasteiger partial charge >= 0.3 is 0 Å². The molecule has 0 fully saturated rings. The van der Waals surface area contributed by atoms with Crippen molar-refractivity contribution in [1.29, 1.82) is 0 Å². The Kier molecular flexibility index (Phi) is 5.76. The van der Waals surface area contributed by atoms with Crippen LogP contribution in [0.3, 0.4) is 0 Å². The van der Waals surface area contributed by atoms with Crippen LogP contribution in [0.1, 0.15) is 25.0 Å². The monoisotopic (exact) mass is 283 g/mol. The van der Waals surface area contributed by atoms with Crippen molar-refractivity contribution in [3.63, 3.8) is 0 Å². The van der Waals surface area contributed by atoms with E-state index in [1.807, 2.05) is 18.3 Å². The fraction of sp³-hybridized carbons (Fsp3) is 0.389. The van der Waals surface area contributed by atoms with Gasteiger partial charge in [-0.05, 0) is 24.1 Å². The summed E-state index contributed by atoms with van der Waals surface area (Å²) in [6.45, 7) is 7.20. The van der Waals surface area contributed by atoms with Crippen LogP contribution in [-0.2, 0) is 13.1 Å². The number of nitrogens with one attached hydrogen (secondary N) is 1. The minimum atomic E-state index is 0.659. The van der Waals surface area contributed by atoms with Gasteiger partial charge in [-0.1, -0.05) is 50.2 Å². The summed E-state index contributed by atoms with van der Waals surface area (Å²) in [5, 5.41) is 3.49. The largest absolute Gasteiger partial charge is 0.355 e. The van der Waals surface area contributed by atoms with Gasteiger partial charge in [-0.25, -0.2) is 4.98 Å². The molecule has 2 rings (SSSR count). The van der Waals surface area contributed by atoms with Gasteiger partial charge in [-0.3, -0.25) is 0 Å². The van der Waals surface area contributed by atoms with Gasteiger partial charge < -0.3 is 10.2 Å². The third kappa shape index (κ3) is 4.87. The standard InChI is InChI=1S/C18H25N3/c1-15(2)12-19-13-17-10-7-11-20-18(17)21(3)14-16-8-5-4-6-9-16/h4-11,15,19H,12-14H2,1-3H3. The van der Waals surface area contributed by atoms with Crippen molar-refractivity contribution >= 4 is 5.82 Å². The van der Waals surface area contributed by atoms with E-state index in [4.69, 9.17) is 0 Å². The molecule has 0 spiro atoms. The number of benzene rings is 1. The maximum atomic E-state index is 4.56. The lowest BCUT2D eigenvalue weighted by Crippen LogP contribution is -2.23. The lowest BCUT2D eigenvalue weighted by Gasteiger charge is -2.21. The van der Waals surface area contributed by atoms with Crippen LogP contribution in [-0.4, -0.2) is 18.6 Å². The molecule has 1 aromatic carbocycles. The SMILES string of the molecule is CC(C)CNCc1cccnc1N(C)Cc1ccccc1. The molecule has 0 saturated carbocycles.